The molecule has 1 aliphatic carbocycles. The van der Waals surface area contributed by atoms with Crippen molar-refractivity contribution in [1.82, 2.24) is 5.32 Å². The molecule has 2 rings (SSSR count). The van der Waals surface area contributed by atoms with Crippen LogP contribution >= 0.6 is 11.3 Å². The third-order valence-electron chi connectivity index (χ3n) is 3.80. The van der Waals surface area contributed by atoms with Crippen LogP contribution in [0.4, 0.5) is 0 Å². The number of thiophene rings is 1. The summed E-state index contributed by atoms with van der Waals surface area (Å²) in [7, 11) is 0. The lowest BCUT2D eigenvalue weighted by Crippen LogP contribution is -2.38. The molecule has 0 bridgehead atoms. The molecule has 1 aliphatic rings. The molecule has 96 valence electrons. The summed E-state index contributed by atoms with van der Waals surface area (Å²) >= 11 is 1.83. The second kappa shape index (κ2) is 5.98. The van der Waals surface area contributed by atoms with E-state index in [1.807, 2.05) is 11.3 Å². The van der Waals surface area contributed by atoms with Gasteiger partial charge in [0.05, 0.1) is 0 Å². The van der Waals surface area contributed by atoms with E-state index in [1.165, 1.54) is 24.1 Å². The van der Waals surface area contributed by atoms with Crippen LogP contribution in [0.1, 0.15) is 44.0 Å². The first-order valence-electron chi connectivity index (χ1n) is 6.62. The fourth-order valence-electron chi connectivity index (χ4n) is 2.78. The molecule has 1 saturated carbocycles. The number of hydrogen-bond acceptors (Lipinski definition) is 3. The average Bonchev–Trinajstić information content (AvgIpc) is 2.96. The molecule has 0 aliphatic heterocycles. The van der Waals surface area contributed by atoms with Gasteiger partial charge in [-0.25, -0.2) is 0 Å². The fraction of sp³-hybridized carbons (Fsp3) is 0.714. The van der Waals surface area contributed by atoms with E-state index in [4.69, 9.17) is 0 Å². The summed E-state index contributed by atoms with van der Waals surface area (Å²) in [5.74, 6) is 1.05. The maximum Gasteiger partial charge on any atom is 0.0474 e. The Morgan fingerprint density at radius 3 is 2.88 bits per heavy atom. The molecular formula is C14H23NOS. The summed E-state index contributed by atoms with van der Waals surface area (Å²) < 4.78 is 0. The Hall–Kier alpha value is -0.380. The molecule has 0 spiro atoms. The van der Waals surface area contributed by atoms with Crippen LogP contribution in [0.15, 0.2) is 17.5 Å². The summed E-state index contributed by atoms with van der Waals surface area (Å²) in [4.78, 5) is 1.42. The van der Waals surface area contributed by atoms with Gasteiger partial charge in [0.15, 0.2) is 0 Å². The number of aliphatic hydroxyl groups is 1. The van der Waals surface area contributed by atoms with Crippen molar-refractivity contribution in [2.75, 3.05) is 6.61 Å². The standard InChI is InChI=1S/C14H23NOS/c1-10(2)14(13-7-4-8-17-13)15-12-6-3-5-11(12)9-16/h4,7-8,10-12,14-16H,3,5-6,9H2,1-2H3. The van der Waals surface area contributed by atoms with Crippen LogP contribution in [0.25, 0.3) is 0 Å². The van der Waals surface area contributed by atoms with Crippen molar-refractivity contribution in [1.29, 1.82) is 0 Å². The van der Waals surface area contributed by atoms with E-state index >= 15 is 0 Å². The van der Waals surface area contributed by atoms with Gasteiger partial charge in [-0.2, -0.15) is 0 Å². The summed E-state index contributed by atoms with van der Waals surface area (Å²) in [5, 5.41) is 15.3. The average molecular weight is 253 g/mol. The van der Waals surface area contributed by atoms with Gasteiger partial charge < -0.3 is 10.4 Å². The van der Waals surface area contributed by atoms with Gasteiger partial charge in [-0.15, -0.1) is 11.3 Å². The zero-order valence-corrected chi connectivity index (χ0v) is 11.5. The van der Waals surface area contributed by atoms with Crippen LogP contribution in [0.3, 0.4) is 0 Å². The van der Waals surface area contributed by atoms with Crippen molar-refractivity contribution in [3.8, 4) is 0 Å². The van der Waals surface area contributed by atoms with Crippen LogP contribution < -0.4 is 5.32 Å². The van der Waals surface area contributed by atoms with Crippen LogP contribution in [0, 0.1) is 11.8 Å². The van der Waals surface area contributed by atoms with Crippen LogP contribution in [0.2, 0.25) is 0 Å². The summed E-state index contributed by atoms with van der Waals surface area (Å²) in [5.41, 5.74) is 0. The quantitative estimate of drug-likeness (QED) is 0.844. The monoisotopic (exact) mass is 253 g/mol. The van der Waals surface area contributed by atoms with Crippen molar-refractivity contribution in [3.05, 3.63) is 22.4 Å². The van der Waals surface area contributed by atoms with Crippen molar-refractivity contribution in [2.24, 2.45) is 11.8 Å². The molecule has 1 fully saturated rings. The second-order valence-corrected chi connectivity index (χ2v) is 6.36. The normalized spacial score (nSPS) is 26.6. The first kappa shape index (κ1) is 13.1. The molecule has 0 amide bonds. The highest BCUT2D eigenvalue weighted by atomic mass is 32.1. The molecule has 1 aromatic heterocycles. The van der Waals surface area contributed by atoms with Crippen molar-refractivity contribution >= 4 is 11.3 Å². The van der Waals surface area contributed by atoms with Gasteiger partial charge in [-0.1, -0.05) is 26.3 Å². The summed E-state index contributed by atoms with van der Waals surface area (Å²) in [6.45, 7) is 4.85. The van der Waals surface area contributed by atoms with E-state index < -0.39 is 0 Å². The Bertz CT molecular complexity index is 323. The van der Waals surface area contributed by atoms with E-state index in [2.05, 4.69) is 36.7 Å². The van der Waals surface area contributed by atoms with E-state index in [9.17, 15) is 5.11 Å². The van der Waals surface area contributed by atoms with E-state index in [0.29, 0.717) is 30.5 Å². The fourth-order valence-corrected chi connectivity index (χ4v) is 3.73. The number of rotatable bonds is 5. The molecule has 1 heterocycles. The highest BCUT2D eigenvalue weighted by Crippen LogP contribution is 2.31. The summed E-state index contributed by atoms with van der Waals surface area (Å²) in [6, 6.07) is 5.27. The first-order valence-corrected chi connectivity index (χ1v) is 7.50. The molecule has 0 radical (unpaired) electrons. The predicted molar refractivity (Wildman–Crippen MR) is 73.2 cm³/mol. The third kappa shape index (κ3) is 3.09. The minimum Gasteiger partial charge on any atom is -0.396 e. The third-order valence-corrected chi connectivity index (χ3v) is 4.76. The second-order valence-electron chi connectivity index (χ2n) is 5.38. The van der Waals surface area contributed by atoms with Crippen molar-refractivity contribution < 1.29 is 5.11 Å². The van der Waals surface area contributed by atoms with Gasteiger partial charge in [-0.05, 0) is 36.1 Å². The molecular weight excluding hydrogens is 230 g/mol. The molecule has 3 heteroatoms. The molecule has 3 unspecified atom stereocenters. The zero-order chi connectivity index (χ0) is 12.3. The van der Waals surface area contributed by atoms with E-state index in [-0.39, 0.29) is 0 Å². The van der Waals surface area contributed by atoms with Crippen molar-refractivity contribution in [2.45, 2.75) is 45.2 Å². The van der Waals surface area contributed by atoms with Gasteiger partial charge in [0.1, 0.15) is 0 Å². The SMILES string of the molecule is CC(C)C(NC1CCCC1CO)c1cccs1. The van der Waals surface area contributed by atoms with Gasteiger partial charge in [-0.3, -0.25) is 0 Å². The highest BCUT2D eigenvalue weighted by molar-refractivity contribution is 7.10. The molecule has 3 atom stereocenters. The summed E-state index contributed by atoms with van der Waals surface area (Å²) in [6.07, 6.45) is 3.63. The molecule has 0 saturated heterocycles. The van der Waals surface area contributed by atoms with Gasteiger partial charge in [0.2, 0.25) is 0 Å². The van der Waals surface area contributed by atoms with Gasteiger partial charge >= 0.3 is 0 Å². The Morgan fingerprint density at radius 2 is 2.29 bits per heavy atom. The maximum absolute atomic E-state index is 9.38. The van der Waals surface area contributed by atoms with E-state index in [0.717, 1.165) is 0 Å². The maximum atomic E-state index is 9.38. The number of nitrogens with one attached hydrogen (secondary N) is 1. The first-order chi connectivity index (χ1) is 8.22. The smallest absolute Gasteiger partial charge is 0.0474 e. The predicted octanol–water partition coefficient (Wildman–Crippen LogP) is 3.20. The minimum absolute atomic E-state index is 0.326. The lowest BCUT2D eigenvalue weighted by atomic mass is 9.98. The van der Waals surface area contributed by atoms with Crippen molar-refractivity contribution in [3.63, 3.8) is 0 Å². The number of aliphatic hydroxyl groups excluding tert-OH is 1. The Balaban J connectivity index is 2.03. The molecule has 2 N–H and O–H groups in total. The largest absolute Gasteiger partial charge is 0.396 e. The minimum atomic E-state index is 0.326. The number of hydrogen-bond donors (Lipinski definition) is 2. The molecule has 0 aromatic carbocycles. The van der Waals surface area contributed by atoms with Crippen LogP contribution in [0.5, 0.6) is 0 Å². The Labute approximate surface area is 108 Å². The lowest BCUT2D eigenvalue weighted by Gasteiger charge is -2.28. The van der Waals surface area contributed by atoms with Gasteiger partial charge in [0, 0.05) is 23.6 Å². The zero-order valence-electron chi connectivity index (χ0n) is 10.7. The van der Waals surface area contributed by atoms with Crippen LogP contribution in [-0.4, -0.2) is 17.8 Å². The molecule has 2 nitrogen and oxygen atoms in total. The highest BCUT2D eigenvalue weighted by Gasteiger charge is 2.30. The Kier molecular flexibility index (Phi) is 4.60. The van der Waals surface area contributed by atoms with Crippen LogP contribution in [-0.2, 0) is 0 Å². The topological polar surface area (TPSA) is 32.3 Å². The Morgan fingerprint density at radius 1 is 1.47 bits per heavy atom. The molecule has 17 heavy (non-hydrogen) atoms. The van der Waals surface area contributed by atoms with Gasteiger partial charge in [0.25, 0.3) is 0 Å². The molecule has 1 aromatic rings. The lowest BCUT2D eigenvalue weighted by molar-refractivity contribution is 0.194. The van der Waals surface area contributed by atoms with E-state index in [1.54, 1.807) is 0 Å².